The van der Waals surface area contributed by atoms with Gasteiger partial charge in [0.1, 0.15) is 0 Å². The molecule has 0 fully saturated rings. The average molecular weight is 498 g/mol. The molecule has 2 atom stereocenters. The lowest BCUT2D eigenvalue weighted by molar-refractivity contribution is -0.330. The molecular weight excluding hydrogens is 489 g/mol. The summed E-state index contributed by atoms with van der Waals surface area (Å²) in [4.78, 5) is -0.384. The molecule has 11 heteroatoms. The Kier molecular flexibility index (Phi) is 6.13. The van der Waals surface area contributed by atoms with E-state index in [1.807, 2.05) is 0 Å². The first-order valence-electron chi connectivity index (χ1n) is 5.53. The van der Waals surface area contributed by atoms with Crippen LogP contribution in [0.15, 0.2) is 21.5 Å². The summed E-state index contributed by atoms with van der Waals surface area (Å²) in [5.41, 5.74) is 0. The molecule has 0 saturated heterocycles. The summed E-state index contributed by atoms with van der Waals surface area (Å²) < 4.78 is 88.7. The average Bonchev–Trinajstić information content (AvgIpc) is 2.33. The third kappa shape index (κ3) is 3.83. The van der Waals surface area contributed by atoms with E-state index in [0.29, 0.717) is 4.48 Å². The van der Waals surface area contributed by atoms with E-state index in [9.17, 15) is 30.7 Å². The molecule has 0 aromatic carbocycles. The van der Waals surface area contributed by atoms with Gasteiger partial charge in [0.25, 0.3) is 0 Å². The first-order chi connectivity index (χ1) is 9.68. The maximum Gasteiger partial charge on any atom is 0.460 e. The molecule has 0 saturated carbocycles. The van der Waals surface area contributed by atoms with Crippen molar-refractivity contribution in [3.63, 3.8) is 0 Å². The zero-order chi connectivity index (χ0) is 17.6. The van der Waals surface area contributed by atoms with E-state index >= 15 is 0 Å². The molecule has 0 aromatic rings. The van der Waals surface area contributed by atoms with Crippen molar-refractivity contribution in [2.45, 2.75) is 27.9 Å². The Morgan fingerprint density at radius 1 is 1.14 bits per heavy atom. The Bertz CT molecular complexity index is 501. The van der Waals surface area contributed by atoms with Crippen LogP contribution in [0.1, 0.15) is 6.92 Å². The predicted molar refractivity (Wildman–Crippen MR) is 83.0 cm³/mol. The van der Waals surface area contributed by atoms with Crippen LogP contribution in [0.3, 0.4) is 0 Å². The lowest BCUT2D eigenvalue weighted by Gasteiger charge is -2.34. The first-order valence-corrected chi connectivity index (χ1v) is 9.16. The summed E-state index contributed by atoms with van der Waals surface area (Å²) in [6.07, 6.45) is -2.36. The van der Waals surface area contributed by atoms with Gasteiger partial charge in [0.2, 0.25) is 0 Å². The third-order valence-corrected chi connectivity index (χ3v) is 7.79. The molecule has 0 amide bonds. The van der Waals surface area contributed by atoms with E-state index in [1.54, 1.807) is 13.2 Å². The highest BCUT2D eigenvalue weighted by molar-refractivity contribution is 9.12. The summed E-state index contributed by atoms with van der Waals surface area (Å²) in [5, 5.41) is -5.33. The van der Waals surface area contributed by atoms with Crippen LogP contribution in [0.5, 0.6) is 0 Å². The van der Waals surface area contributed by atoms with Crippen molar-refractivity contribution in [2.24, 2.45) is 5.92 Å². The minimum atomic E-state index is -6.34. The van der Waals surface area contributed by atoms with Crippen LogP contribution >= 0.6 is 55.4 Å². The van der Waals surface area contributed by atoms with E-state index in [-0.39, 0.29) is 10.8 Å². The minimum absolute atomic E-state index is 0.219. The van der Waals surface area contributed by atoms with Gasteiger partial charge in [0.15, 0.2) is 0 Å². The van der Waals surface area contributed by atoms with Crippen molar-refractivity contribution >= 4 is 55.4 Å². The zero-order valence-electron chi connectivity index (χ0n) is 11.0. The second-order valence-electron chi connectivity index (χ2n) is 4.39. The molecule has 1 rings (SSSR count). The molecule has 0 aliphatic heterocycles. The molecule has 0 bridgehead atoms. The Morgan fingerprint density at radius 3 is 2.05 bits per heavy atom. The smallest absolute Gasteiger partial charge is 0.188 e. The van der Waals surface area contributed by atoms with Crippen molar-refractivity contribution in [1.82, 2.24) is 0 Å². The van der Waals surface area contributed by atoms with Gasteiger partial charge in [-0.1, -0.05) is 38.8 Å². The molecule has 1 aliphatic rings. The van der Waals surface area contributed by atoms with Gasteiger partial charge in [-0.05, 0) is 30.2 Å². The molecule has 0 N–H and O–H groups in total. The normalized spacial score (nSPS) is 27.5. The highest BCUT2D eigenvalue weighted by Gasteiger charge is 2.73. The Labute approximate surface area is 147 Å². The molecule has 0 aromatic heterocycles. The fraction of sp³-hybridized carbons (Fsp3) is 0.636. The van der Waals surface area contributed by atoms with Crippen molar-refractivity contribution in [3.8, 4) is 0 Å². The number of hydrogen-bond donors (Lipinski definition) is 0. The van der Waals surface area contributed by atoms with Crippen LogP contribution in [-0.4, -0.2) is 27.3 Å². The molecule has 0 heterocycles. The Morgan fingerprint density at radius 2 is 1.64 bits per heavy atom. The van der Waals surface area contributed by atoms with E-state index in [1.165, 1.54) is 17.8 Å². The summed E-state index contributed by atoms with van der Waals surface area (Å²) in [5.74, 6) is -6.35. The number of allylic oxidation sites excluding steroid dienone is 2. The highest BCUT2D eigenvalue weighted by Crippen LogP contribution is 2.57. The van der Waals surface area contributed by atoms with E-state index in [0.717, 1.165) is 6.08 Å². The molecule has 0 spiro atoms. The SMILES string of the molecule is CSC1(Br)C=C(SC(F)(F)C(F)(F)C(F)(F)F)C=C(Br)C1C. The molecule has 128 valence electrons. The largest absolute Gasteiger partial charge is 0.460 e. The van der Waals surface area contributed by atoms with Gasteiger partial charge in [-0.2, -0.15) is 30.7 Å². The van der Waals surface area contributed by atoms with Crippen LogP contribution in [0, 0.1) is 5.92 Å². The van der Waals surface area contributed by atoms with Gasteiger partial charge in [-0.15, -0.1) is 11.8 Å². The topological polar surface area (TPSA) is 0 Å². The van der Waals surface area contributed by atoms with E-state index in [2.05, 4.69) is 31.9 Å². The van der Waals surface area contributed by atoms with Gasteiger partial charge in [0, 0.05) is 15.3 Å². The maximum absolute atomic E-state index is 13.4. The molecular formula is C11H9Br2F7S2. The van der Waals surface area contributed by atoms with Crippen molar-refractivity contribution in [3.05, 3.63) is 21.5 Å². The molecule has 2 unspecified atom stereocenters. The van der Waals surface area contributed by atoms with E-state index in [4.69, 9.17) is 0 Å². The summed E-state index contributed by atoms with van der Waals surface area (Å²) >= 11 is 6.80. The Hall–Kier alpha value is 0.650. The van der Waals surface area contributed by atoms with E-state index < -0.39 is 32.8 Å². The van der Waals surface area contributed by atoms with Crippen LogP contribution in [0.4, 0.5) is 30.7 Å². The van der Waals surface area contributed by atoms with Gasteiger partial charge >= 0.3 is 17.4 Å². The molecule has 0 radical (unpaired) electrons. The van der Waals surface area contributed by atoms with Crippen LogP contribution in [-0.2, 0) is 0 Å². The molecule has 1 aliphatic carbocycles. The quantitative estimate of drug-likeness (QED) is 0.310. The fourth-order valence-electron chi connectivity index (χ4n) is 1.48. The maximum atomic E-state index is 13.4. The van der Waals surface area contributed by atoms with Crippen LogP contribution in [0.2, 0.25) is 0 Å². The lowest BCUT2D eigenvalue weighted by Crippen LogP contribution is -2.50. The number of rotatable bonds is 4. The lowest BCUT2D eigenvalue weighted by atomic mass is 10.0. The predicted octanol–water partition coefficient (Wildman–Crippen LogP) is 6.78. The minimum Gasteiger partial charge on any atom is -0.188 e. The van der Waals surface area contributed by atoms with Crippen molar-refractivity contribution < 1.29 is 30.7 Å². The van der Waals surface area contributed by atoms with Crippen LogP contribution < -0.4 is 0 Å². The van der Waals surface area contributed by atoms with Crippen molar-refractivity contribution in [2.75, 3.05) is 6.26 Å². The number of halogens is 9. The van der Waals surface area contributed by atoms with Gasteiger partial charge in [-0.25, -0.2) is 0 Å². The fourth-order valence-corrected chi connectivity index (χ4v) is 5.11. The van der Waals surface area contributed by atoms with Gasteiger partial charge < -0.3 is 0 Å². The van der Waals surface area contributed by atoms with Gasteiger partial charge in [-0.3, -0.25) is 0 Å². The number of thioether (sulfide) groups is 2. The van der Waals surface area contributed by atoms with Gasteiger partial charge in [0.05, 0.1) is 3.66 Å². The summed E-state index contributed by atoms with van der Waals surface area (Å²) in [6.45, 7) is 1.74. The van der Waals surface area contributed by atoms with Crippen molar-refractivity contribution in [1.29, 1.82) is 0 Å². The second-order valence-corrected chi connectivity index (χ2v) is 9.42. The first kappa shape index (κ1) is 20.7. The molecule has 22 heavy (non-hydrogen) atoms. The standard InChI is InChI=1S/C11H9Br2F7S2/c1-5-7(12)3-6(4-8(5,13)21-2)22-11(19,20)9(14,15)10(16,17)18/h3-5H,1-2H3. The third-order valence-electron chi connectivity index (χ3n) is 2.90. The summed E-state index contributed by atoms with van der Waals surface area (Å²) in [7, 11) is 0. The Balaban J connectivity index is 3.16. The van der Waals surface area contributed by atoms with Crippen LogP contribution in [0.25, 0.3) is 0 Å². The monoisotopic (exact) mass is 496 g/mol. The zero-order valence-corrected chi connectivity index (χ0v) is 15.8. The highest BCUT2D eigenvalue weighted by atomic mass is 79.9. The number of alkyl halides is 8. The molecule has 0 nitrogen and oxygen atoms in total. The second kappa shape index (κ2) is 6.51. The summed E-state index contributed by atoms with van der Waals surface area (Å²) in [6, 6.07) is 0. The number of hydrogen-bond acceptors (Lipinski definition) is 2.